The third kappa shape index (κ3) is 3.31. The summed E-state index contributed by atoms with van der Waals surface area (Å²) in [5.41, 5.74) is 2.03. The summed E-state index contributed by atoms with van der Waals surface area (Å²) < 4.78 is 5.15. The summed E-state index contributed by atoms with van der Waals surface area (Å²) >= 11 is 0. The van der Waals surface area contributed by atoms with Crippen LogP contribution in [0.15, 0.2) is 47.2 Å². The monoisotopic (exact) mass is 311 g/mol. The first-order chi connectivity index (χ1) is 11.1. The van der Waals surface area contributed by atoms with Crippen LogP contribution in [0, 0.1) is 17.0 Å². The molecular weight excluding hydrogens is 298 g/mol. The van der Waals surface area contributed by atoms with Crippen LogP contribution in [-0.2, 0) is 6.54 Å². The lowest BCUT2D eigenvalue weighted by molar-refractivity contribution is -0.384. The summed E-state index contributed by atoms with van der Waals surface area (Å²) in [7, 11) is 0. The molecule has 0 radical (unpaired) electrons. The normalized spacial score (nSPS) is 10.5. The van der Waals surface area contributed by atoms with Gasteiger partial charge in [-0.2, -0.15) is 4.98 Å². The van der Waals surface area contributed by atoms with Crippen molar-refractivity contribution in [3.8, 4) is 11.4 Å². The Bertz CT molecular complexity index is 832. The van der Waals surface area contributed by atoms with Crippen LogP contribution in [0.2, 0.25) is 0 Å². The van der Waals surface area contributed by atoms with Crippen LogP contribution >= 0.6 is 0 Å². The van der Waals surface area contributed by atoms with E-state index < -0.39 is 4.92 Å². The fourth-order valence-electron chi connectivity index (χ4n) is 2.06. The fourth-order valence-corrected chi connectivity index (χ4v) is 2.06. The van der Waals surface area contributed by atoms with Gasteiger partial charge in [-0.1, -0.05) is 11.2 Å². The number of pyridine rings is 1. The third-order valence-electron chi connectivity index (χ3n) is 3.19. The number of aromatic nitrogens is 3. The number of anilines is 1. The Hall–Kier alpha value is -3.29. The summed E-state index contributed by atoms with van der Waals surface area (Å²) in [5.74, 6) is 0.786. The van der Waals surface area contributed by atoms with Gasteiger partial charge in [0.25, 0.3) is 5.69 Å². The standard InChI is InChI=1S/C15H13N5O3/c1-10-2-3-12(13(8-10)20(21)22)17-9-14-18-15(19-23-14)11-4-6-16-7-5-11/h2-8,17H,9H2,1H3. The first kappa shape index (κ1) is 14.6. The van der Waals surface area contributed by atoms with Crippen molar-refractivity contribution >= 4 is 11.4 Å². The summed E-state index contributed by atoms with van der Waals surface area (Å²) in [5, 5.41) is 17.9. The maximum Gasteiger partial charge on any atom is 0.292 e. The number of rotatable bonds is 5. The van der Waals surface area contributed by atoms with Crippen LogP contribution in [0.4, 0.5) is 11.4 Å². The van der Waals surface area contributed by atoms with Gasteiger partial charge in [0.15, 0.2) is 0 Å². The molecular formula is C15H13N5O3. The number of hydrogen-bond donors (Lipinski definition) is 1. The van der Waals surface area contributed by atoms with Crippen molar-refractivity contribution in [1.29, 1.82) is 0 Å². The van der Waals surface area contributed by atoms with E-state index in [2.05, 4.69) is 20.4 Å². The molecule has 2 aromatic heterocycles. The number of nitrogens with zero attached hydrogens (tertiary/aromatic N) is 4. The van der Waals surface area contributed by atoms with E-state index >= 15 is 0 Å². The Balaban J connectivity index is 1.75. The molecule has 8 heteroatoms. The molecule has 0 aliphatic heterocycles. The van der Waals surface area contributed by atoms with Crippen molar-refractivity contribution in [1.82, 2.24) is 15.1 Å². The van der Waals surface area contributed by atoms with Gasteiger partial charge < -0.3 is 9.84 Å². The minimum atomic E-state index is -0.425. The van der Waals surface area contributed by atoms with Crippen LogP contribution in [0.3, 0.4) is 0 Å². The van der Waals surface area contributed by atoms with Crippen LogP contribution < -0.4 is 5.32 Å². The van der Waals surface area contributed by atoms with Gasteiger partial charge in [0.05, 0.1) is 11.5 Å². The number of nitro groups is 1. The highest BCUT2D eigenvalue weighted by molar-refractivity contribution is 5.62. The highest BCUT2D eigenvalue weighted by Crippen LogP contribution is 2.25. The van der Waals surface area contributed by atoms with E-state index in [0.29, 0.717) is 17.4 Å². The first-order valence-corrected chi connectivity index (χ1v) is 6.85. The van der Waals surface area contributed by atoms with Gasteiger partial charge in [-0.05, 0) is 30.7 Å². The maximum absolute atomic E-state index is 11.1. The number of nitro benzene ring substituents is 1. The zero-order chi connectivity index (χ0) is 16.2. The summed E-state index contributed by atoms with van der Waals surface area (Å²) in [4.78, 5) is 18.8. The lowest BCUT2D eigenvalue weighted by atomic mass is 10.2. The second kappa shape index (κ2) is 6.22. The van der Waals surface area contributed by atoms with Gasteiger partial charge in [-0.15, -0.1) is 0 Å². The molecule has 3 aromatic rings. The predicted octanol–water partition coefficient (Wildman–Crippen LogP) is 2.96. The Kier molecular flexibility index (Phi) is 3.96. The fraction of sp³-hybridized carbons (Fsp3) is 0.133. The number of aryl methyl sites for hydroxylation is 1. The molecule has 0 aliphatic rings. The highest BCUT2D eigenvalue weighted by atomic mass is 16.6. The Morgan fingerprint density at radius 1 is 1.26 bits per heavy atom. The van der Waals surface area contributed by atoms with Gasteiger partial charge in [0, 0.05) is 24.0 Å². The molecule has 0 spiro atoms. The van der Waals surface area contributed by atoms with Crippen molar-refractivity contribution in [2.45, 2.75) is 13.5 Å². The summed E-state index contributed by atoms with van der Waals surface area (Å²) in [6.45, 7) is 2.00. The number of benzene rings is 1. The lowest BCUT2D eigenvalue weighted by Crippen LogP contribution is -2.03. The van der Waals surface area contributed by atoms with Gasteiger partial charge in [0.1, 0.15) is 5.69 Å². The zero-order valence-corrected chi connectivity index (χ0v) is 12.3. The van der Waals surface area contributed by atoms with E-state index in [1.807, 2.05) is 0 Å². The predicted molar refractivity (Wildman–Crippen MR) is 82.7 cm³/mol. The van der Waals surface area contributed by atoms with Crippen LogP contribution in [0.25, 0.3) is 11.4 Å². The second-order valence-electron chi connectivity index (χ2n) is 4.88. The number of nitrogens with one attached hydrogen (secondary N) is 1. The number of hydrogen-bond acceptors (Lipinski definition) is 7. The molecule has 0 aliphatic carbocycles. The molecule has 0 atom stereocenters. The van der Waals surface area contributed by atoms with E-state index in [-0.39, 0.29) is 12.2 Å². The molecule has 3 rings (SSSR count). The molecule has 0 saturated heterocycles. The van der Waals surface area contributed by atoms with Gasteiger partial charge in [-0.3, -0.25) is 15.1 Å². The molecule has 0 fully saturated rings. The largest absolute Gasteiger partial charge is 0.371 e. The van der Waals surface area contributed by atoms with E-state index in [1.165, 1.54) is 6.07 Å². The zero-order valence-electron chi connectivity index (χ0n) is 12.3. The molecule has 116 valence electrons. The summed E-state index contributed by atoms with van der Waals surface area (Å²) in [6.07, 6.45) is 3.28. The molecule has 1 N–H and O–H groups in total. The molecule has 23 heavy (non-hydrogen) atoms. The van der Waals surface area contributed by atoms with Gasteiger partial charge >= 0.3 is 0 Å². The van der Waals surface area contributed by atoms with Crippen molar-refractivity contribution in [3.63, 3.8) is 0 Å². The Morgan fingerprint density at radius 2 is 2.04 bits per heavy atom. The average Bonchev–Trinajstić information content (AvgIpc) is 3.03. The van der Waals surface area contributed by atoms with Crippen LogP contribution in [0.1, 0.15) is 11.5 Å². The molecule has 2 heterocycles. The average molecular weight is 311 g/mol. The quantitative estimate of drug-likeness (QED) is 0.570. The van der Waals surface area contributed by atoms with Crippen molar-refractivity contribution in [3.05, 3.63) is 64.3 Å². The SMILES string of the molecule is Cc1ccc(NCc2nc(-c3ccncc3)no2)c([N+](=O)[O-])c1. The van der Waals surface area contributed by atoms with Gasteiger partial charge in [-0.25, -0.2) is 0 Å². The summed E-state index contributed by atoms with van der Waals surface area (Å²) in [6, 6.07) is 8.51. The molecule has 1 aromatic carbocycles. The molecule has 0 bridgehead atoms. The van der Waals surface area contributed by atoms with Crippen LogP contribution in [0.5, 0.6) is 0 Å². The van der Waals surface area contributed by atoms with E-state index in [9.17, 15) is 10.1 Å². The maximum atomic E-state index is 11.1. The smallest absolute Gasteiger partial charge is 0.292 e. The third-order valence-corrected chi connectivity index (χ3v) is 3.19. The minimum Gasteiger partial charge on any atom is -0.371 e. The molecule has 0 amide bonds. The van der Waals surface area contributed by atoms with E-state index in [1.54, 1.807) is 43.6 Å². The lowest BCUT2D eigenvalue weighted by Gasteiger charge is -2.05. The highest BCUT2D eigenvalue weighted by Gasteiger charge is 2.15. The van der Waals surface area contributed by atoms with Crippen molar-refractivity contribution < 1.29 is 9.45 Å². The van der Waals surface area contributed by atoms with E-state index in [4.69, 9.17) is 4.52 Å². The Morgan fingerprint density at radius 3 is 2.78 bits per heavy atom. The molecule has 0 saturated carbocycles. The van der Waals surface area contributed by atoms with Crippen molar-refractivity contribution in [2.24, 2.45) is 0 Å². The minimum absolute atomic E-state index is 0.0128. The first-order valence-electron chi connectivity index (χ1n) is 6.85. The van der Waals surface area contributed by atoms with Crippen molar-refractivity contribution in [2.75, 3.05) is 5.32 Å². The molecule has 0 unspecified atom stereocenters. The van der Waals surface area contributed by atoms with Gasteiger partial charge in [0.2, 0.25) is 11.7 Å². The Labute approximate surface area is 131 Å². The molecule has 8 nitrogen and oxygen atoms in total. The topological polar surface area (TPSA) is 107 Å². The van der Waals surface area contributed by atoms with E-state index in [0.717, 1.165) is 11.1 Å². The second-order valence-corrected chi connectivity index (χ2v) is 4.88. The van der Waals surface area contributed by atoms with Crippen LogP contribution in [-0.4, -0.2) is 20.0 Å².